The van der Waals surface area contributed by atoms with Gasteiger partial charge in [-0.25, -0.2) is 31.8 Å². The average molecular weight is 599 g/mol. The minimum Gasteiger partial charge on any atom is -0.370 e. The lowest BCUT2D eigenvalue weighted by Gasteiger charge is -2.41. The van der Waals surface area contributed by atoms with E-state index in [9.17, 15) is 21.6 Å². The van der Waals surface area contributed by atoms with Crippen LogP contribution in [0.1, 0.15) is 32.7 Å². The van der Waals surface area contributed by atoms with E-state index >= 15 is 0 Å². The van der Waals surface area contributed by atoms with Gasteiger partial charge in [0.05, 0.1) is 40.2 Å². The fraction of sp³-hybridized carbons (Fsp3) is 0.423. The molecule has 6 rings (SSSR count). The van der Waals surface area contributed by atoms with Crippen molar-refractivity contribution in [2.24, 2.45) is 5.92 Å². The van der Waals surface area contributed by atoms with E-state index in [1.807, 2.05) is 18.7 Å². The minimum atomic E-state index is -3.50. The maximum Gasteiger partial charge on any atom is 0.256 e. The molecule has 2 aliphatic rings. The Morgan fingerprint density at radius 1 is 1.05 bits per heavy atom. The first kappa shape index (κ1) is 27.3. The normalized spacial score (nSPS) is 16.3. The molecular weight excluding hydrogens is 568 g/mol. The molecular formula is C26H30N8O5S2. The molecule has 0 amide bonds. The van der Waals surface area contributed by atoms with Gasteiger partial charge in [0.1, 0.15) is 21.5 Å². The number of nitrogens with one attached hydrogen (secondary N) is 1. The lowest BCUT2D eigenvalue weighted by molar-refractivity contribution is 0.445. The van der Waals surface area contributed by atoms with Crippen LogP contribution < -0.4 is 15.8 Å². The number of pyridine rings is 2. The Labute approximate surface area is 237 Å². The summed E-state index contributed by atoms with van der Waals surface area (Å²) in [4.78, 5) is 28.5. The Morgan fingerprint density at radius 3 is 2.49 bits per heavy atom. The van der Waals surface area contributed by atoms with Crippen molar-refractivity contribution in [3.8, 4) is 11.4 Å². The van der Waals surface area contributed by atoms with Gasteiger partial charge in [-0.15, -0.1) is 0 Å². The number of anilines is 3. The number of rotatable bonds is 9. The molecule has 2 fully saturated rings. The summed E-state index contributed by atoms with van der Waals surface area (Å²) in [7, 11) is -6.58. The van der Waals surface area contributed by atoms with Crippen molar-refractivity contribution >= 4 is 48.1 Å². The summed E-state index contributed by atoms with van der Waals surface area (Å²) < 4.78 is 51.1. The number of fused-ring (bicyclic) bond motifs is 1. The van der Waals surface area contributed by atoms with Crippen LogP contribution in [0.25, 0.3) is 22.3 Å². The van der Waals surface area contributed by atoms with Gasteiger partial charge in [0.2, 0.25) is 0 Å². The number of nitrogens with zero attached hydrogens (tertiary/aromatic N) is 7. The second-order valence-electron chi connectivity index (χ2n) is 11.0. The van der Waals surface area contributed by atoms with Crippen LogP contribution in [0.3, 0.4) is 0 Å². The zero-order valence-corrected chi connectivity index (χ0v) is 24.4. The molecule has 216 valence electrons. The first-order valence-electron chi connectivity index (χ1n) is 13.3. The second-order valence-corrected chi connectivity index (χ2v) is 15.3. The van der Waals surface area contributed by atoms with E-state index in [0.29, 0.717) is 54.5 Å². The minimum absolute atomic E-state index is 0.0226. The van der Waals surface area contributed by atoms with Gasteiger partial charge < -0.3 is 14.8 Å². The summed E-state index contributed by atoms with van der Waals surface area (Å²) in [5.74, 6) is 1.33. The van der Waals surface area contributed by atoms with Crippen LogP contribution in [0.5, 0.6) is 0 Å². The Hall–Kier alpha value is -3.85. The highest BCUT2D eigenvalue weighted by Crippen LogP contribution is 2.33. The summed E-state index contributed by atoms with van der Waals surface area (Å²) >= 11 is 0. The SMILES string of the molecule is CC(C)n1c(=O)cc(N2CC(CS(C)(=O)=O)C2)c2cnc(Nc3ccnc(-c4cnn(S(=O)(=O)C5CC5)c4)n3)cc21. The van der Waals surface area contributed by atoms with Crippen molar-refractivity contribution in [1.29, 1.82) is 0 Å². The molecule has 1 aliphatic carbocycles. The van der Waals surface area contributed by atoms with Crippen LogP contribution in [0.4, 0.5) is 17.3 Å². The van der Waals surface area contributed by atoms with Crippen molar-refractivity contribution in [2.45, 2.75) is 38.0 Å². The molecule has 4 aromatic heterocycles. The van der Waals surface area contributed by atoms with Gasteiger partial charge in [-0.3, -0.25) is 4.79 Å². The maximum atomic E-state index is 13.2. The molecule has 1 aliphatic heterocycles. The van der Waals surface area contributed by atoms with Crippen LogP contribution in [0.2, 0.25) is 0 Å². The largest absolute Gasteiger partial charge is 0.370 e. The van der Waals surface area contributed by atoms with Gasteiger partial charge in [0.15, 0.2) is 5.82 Å². The predicted molar refractivity (Wildman–Crippen MR) is 156 cm³/mol. The van der Waals surface area contributed by atoms with Crippen LogP contribution >= 0.6 is 0 Å². The highest BCUT2D eigenvalue weighted by atomic mass is 32.2. The summed E-state index contributed by atoms with van der Waals surface area (Å²) in [6.45, 7) is 4.96. The highest BCUT2D eigenvalue weighted by Gasteiger charge is 2.38. The van der Waals surface area contributed by atoms with Gasteiger partial charge in [0, 0.05) is 61.2 Å². The van der Waals surface area contributed by atoms with Crippen molar-refractivity contribution < 1.29 is 16.8 Å². The van der Waals surface area contributed by atoms with Crippen LogP contribution in [-0.2, 0) is 19.9 Å². The molecule has 1 N–H and O–H groups in total. The van der Waals surface area contributed by atoms with E-state index < -0.39 is 19.9 Å². The van der Waals surface area contributed by atoms with E-state index in [1.165, 1.54) is 18.6 Å². The van der Waals surface area contributed by atoms with Gasteiger partial charge in [0.25, 0.3) is 15.6 Å². The molecule has 0 atom stereocenters. The standard InChI is InChI=1S/C26H30N8O5S2/c1-16(2)34-22-8-24(28-11-20(22)21(9-25(34)35)32-12-17(13-32)15-40(3,36)37)30-23-6-7-27-26(31-23)18-10-29-33(14-18)41(38,39)19-4-5-19/h6-11,14,16-17,19H,4-5,12-13,15H2,1-3H3,(H,27,28,30,31). The molecule has 0 aromatic carbocycles. The summed E-state index contributed by atoms with van der Waals surface area (Å²) in [5, 5.41) is 7.58. The van der Waals surface area contributed by atoms with E-state index in [2.05, 4.69) is 25.4 Å². The molecule has 41 heavy (non-hydrogen) atoms. The van der Waals surface area contributed by atoms with Crippen molar-refractivity contribution in [3.63, 3.8) is 0 Å². The Morgan fingerprint density at radius 2 is 1.80 bits per heavy atom. The van der Waals surface area contributed by atoms with Gasteiger partial charge in [-0.05, 0) is 32.8 Å². The third-order valence-electron chi connectivity index (χ3n) is 7.20. The first-order valence-corrected chi connectivity index (χ1v) is 16.8. The smallest absolute Gasteiger partial charge is 0.256 e. The highest BCUT2D eigenvalue weighted by molar-refractivity contribution is 7.90. The molecule has 15 heteroatoms. The summed E-state index contributed by atoms with van der Waals surface area (Å²) in [6, 6.07) is 4.93. The second kappa shape index (κ2) is 9.91. The number of hydrogen-bond acceptors (Lipinski definition) is 11. The lowest BCUT2D eigenvalue weighted by Crippen LogP contribution is -2.50. The lowest BCUT2D eigenvalue weighted by atomic mass is 10.0. The monoisotopic (exact) mass is 598 g/mol. The summed E-state index contributed by atoms with van der Waals surface area (Å²) in [6.07, 6.45) is 8.61. The number of sulfone groups is 1. The van der Waals surface area contributed by atoms with E-state index in [1.54, 1.807) is 35.2 Å². The van der Waals surface area contributed by atoms with E-state index in [4.69, 9.17) is 0 Å². The molecule has 4 aromatic rings. The fourth-order valence-corrected chi connectivity index (χ4v) is 7.71. The maximum absolute atomic E-state index is 13.2. The van der Waals surface area contributed by atoms with Gasteiger partial charge in [-0.1, -0.05) is 0 Å². The molecule has 1 saturated carbocycles. The molecule has 0 unspecified atom stereocenters. The topological polar surface area (TPSA) is 162 Å². The van der Waals surface area contributed by atoms with Crippen LogP contribution in [-0.4, -0.2) is 75.9 Å². The van der Waals surface area contributed by atoms with Gasteiger partial charge in [-0.2, -0.15) is 9.19 Å². The Bertz CT molecular complexity index is 1920. The van der Waals surface area contributed by atoms with Crippen molar-refractivity contribution in [2.75, 3.05) is 35.3 Å². The number of aromatic nitrogens is 6. The van der Waals surface area contributed by atoms with Crippen molar-refractivity contribution in [1.82, 2.24) is 28.7 Å². The molecule has 0 spiro atoms. The first-order chi connectivity index (χ1) is 19.4. The zero-order valence-electron chi connectivity index (χ0n) is 22.8. The third kappa shape index (κ3) is 5.43. The zero-order chi connectivity index (χ0) is 29.1. The molecule has 13 nitrogen and oxygen atoms in total. The molecule has 1 saturated heterocycles. The fourth-order valence-electron chi connectivity index (χ4n) is 5.16. The Balaban J connectivity index is 1.29. The predicted octanol–water partition coefficient (Wildman–Crippen LogP) is 2.20. The van der Waals surface area contributed by atoms with Crippen LogP contribution in [0, 0.1) is 5.92 Å². The average Bonchev–Trinajstić information content (AvgIpc) is 3.62. The van der Waals surface area contributed by atoms with E-state index in [-0.39, 0.29) is 28.5 Å². The quantitative estimate of drug-likeness (QED) is 0.301. The molecule has 0 bridgehead atoms. The number of hydrogen-bond donors (Lipinski definition) is 1. The molecule has 0 radical (unpaired) electrons. The van der Waals surface area contributed by atoms with Gasteiger partial charge >= 0.3 is 0 Å². The van der Waals surface area contributed by atoms with Crippen LogP contribution in [0.15, 0.2) is 47.8 Å². The Kier molecular flexibility index (Phi) is 6.60. The van der Waals surface area contributed by atoms with Crippen molar-refractivity contribution in [3.05, 3.63) is 53.3 Å². The summed E-state index contributed by atoms with van der Waals surface area (Å²) in [5.41, 5.74) is 1.72. The molecule has 5 heterocycles. The van der Waals surface area contributed by atoms with E-state index in [0.717, 1.165) is 15.2 Å². The third-order valence-corrected chi connectivity index (χ3v) is 10.3.